The van der Waals surface area contributed by atoms with Gasteiger partial charge in [-0.05, 0) is 99.6 Å². The molecule has 0 saturated heterocycles. The van der Waals surface area contributed by atoms with Crippen molar-refractivity contribution < 1.29 is 24.1 Å². The van der Waals surface area contributed by atoms with Gasteiger partial charge in [-0.1, -0.05) is 30.3 Å². The number of benzene rings is 2. The Labute approximate surface area is 208 Å². The largest absolute Gasteiger partial charge is 0.481 e. The lowest BCUT2D eigenvalue weighted by Crippen LogP contribution is -2.45. The maximum atomic E-state index is 13.9. The second-order valence-electron chi connectivity index (χ2n) is 10.6. The molecular formula is C29H40FNO4. The number of aliphatic carboxylic acids is 1. The van der Waals surface area contributed by atoms with Crippen molar-refractivity contribution >= 4 is 5.97 Å². The number of carboxylic acids is 1. The van der Waals surface area contributed by atoms with Crippen LogP contribution >= 0.6 is 0 Å². The zero-order valence-electron chi connectivity index (χ0n) is 21.2. The number of aliphatic hydroxyl groups is 1. The number of hydrogen-bond acceptors (Lipinski definition) is 4. The lowest BCUT2D eigenvalue weighted by molar-refractivity contribution is -0.137. The molecule has 3 N–H and O–H groups in total. The number of rotatable bonds is 14. The minimum absolute atomic E-state index is 0.106. The first-order valence-corrected chi connectivity index (χ1v) is 12.7. The van der Waals surface area contributed by atoms with Crippen LogP contribution in [0, 0.1) is 11.7 Å². The number of fused-ring (bicyclic) bond motifs is 1. The van der Waals surface area contributed by atoms with Crippen LogP contribution in [-0.2, 0) is 28.8 Å². The predicted molar refractivity (Wildman–Crippen MR) is 136 cm³/mol. The van der Waals surface area contributed by atoms with Gasteiger partial charge in [-0.25, -0.2) is 4.39 Å². The van der Waals surface area contributed by atoms with Crippen LogP contribution in [0.1, 0.15) is 74.8 Å². The minimum Gasteiger partial charge on any atom is -0.481 e. The minimum atomic E-state index is -0.805. The maximum absolute atomic E-state index is 13.9. The molecule has 0 saturated carbocycles. The summed E-state index contributed by atoms with van der Waals surface area (Å²) >= 11 is 0. The highest BCUT2D eigenvalue weighted by atomic mass is 19.1. The normalized spacial score (nSPS) is 15.7. The van der Waals surface area contributed by atoms with Gasteiger partial charge in [0.15, 0.2) is 0 Å². The summed E-state index contributed by atoms with van der Waals surface area (Å²) in [5.41, 5.74) is 4.51. The monoisotopic (exact) mass is 485 g/mol. The van der Waals surface area contributed by atoms with Gasteiger partial charge in [0.1, 0.15) is 5.82 Å². The van der Waals surface area contributed by atoms with Gasteiger partial charge >= 0.3 is 5.97 Å². The summed E-state index contributed by atoms with van der Waals surface area (Å²) in [6.07, 6.45) is 4.28. The number of ether oxygens (including phenoxy) is 1. The zero-order valence-corrected chi connectivity index (χ0v) is 21.2. The number of halogens is 1. The van der Waals surface area contributed by atoms with Crippen LogP contribution in [0.3, 0.4) is 0 Å². The number of aryl methyl sites for hydroxylation is 1. The number of unbranched alkanes of at least 4 members (excludes halogenated alkanes) is 1. The molecule has 0 unspecified atom stereocenters. The van der Waals surface area contributed by atoms with Crippen LogP contribution in [0.25, 0.3) is 0 Å². The predicted octanol–water partition coefficient (Wildman–Crippen LogP) is 5.23. The summed E-state index contributed by atoms with van der Waals surface area (Å²) in [6, 6.07) is 13.3. The van der Waals surface area contributed by atoms with Crippen molar-refractivity contribution in [2.75, 3.05) is 13.2 Å². The number of carboxylic acid groups (broad SMARTS) is 1. The van der Waals surface area contributed by atoms with Gasteiger partial charge in [-0.15, -0.1) is 0 Å². The third kappa shape index (κ3) is 8.71. The van der Waals surface area contributed by atoms with Crippen molar-refractivity contribution in [3.63, 3.8) is 0 Å². The van der Waals surface area contributed by atoms with E-state index in [0.29, 0.717) is 31.7 Å². The number of nitrogens with one attached hydrogen (secondary N) is 1. The Morgan fingerprint density at radius 1 is 1.17 bits per heavy atom. The van der Waals surface area contributed by atoms with E-state index in [9.17, 15) is 14.3 Å². The van der Waals surface area contributed by atoms with Crippen molar-refractivity contribution in [2.45, 2.75) is 83.5 Å². The van der Waals surface area contributed by atoms with Gasteiger partial charge < -0.3 is 20.3 Å². The summed E-state index contributed by atoms with van der Waals surface area (Å²) in [5, 5.41) is 22.9. The number of aliphatic hydroxyl groups excluding tert-OH is 1. The van der Waals surface area contributed by atoms with Gasteiger partial charge in [0, 0.05) is 18.5 Å². The molecule has 5 nitrogen and oxygen atoms in total. The molecule has 2 aromatic rings. The van der Waals surface area contributed by atoms with E-state index in [2.05, 4.69) is 43.4 Å². The first-order chi connectivity index (χ1) is 16.6. The Bertz CT molecular complexity index is 952. The molecule has 0 bridgehead atoms. The molecule has 0 fully saturated rings. The highest BCUT2D eigenvalue weighted by Gasteiger charge is 2.28. The van der Waals surface area contributed by atoms with Crippen LogP contribution in [0.4, 0.5) is 4.39 Å². The van der Waals surface area contributed by atoms with E-state index in [4.69, 9.17) is 9.84 Å². The second-order valence-corrected chi connectivity index (χ2v) is 10.6. The molecule has 0 aliphatic heterocycles. The second kappa shape index (κ2) is 12.6. The molecule has 192 valence electrons. The SMILES string of the molecule is C[C@@H](OC[C@H](O)CNC(C)(C)CC1Cc2ccccc2C1)c1cc(F)ccc1CCCCC(=O)O. The van der Waals surface area contributed by atoms with Crippen LogP contribution < -0.4 is 5.32 Å². The van der Waals surface area contributed by atoms with Crippen molar-refractivity contribution in [2.24, 2.45) is 5.92 Å². The Morgan fingerprint density at radius 2 is 1.86 bits per heavy atom. The summed E-state index contributed by atoms with van der Waals surface area (Å²) in [6.45, 7) is 6.78. The van der Waals surface area contributed by atoms with Crippen LogP contribution in [-0.4, -0.2) is 41.0 Å². The van der Waals surface area contributed by atoms with E-state index in [-0.39, 0.29) is 30.5 Å². The molecular weight excluding hydrogens is 445 g/mol. The summed E-state index contributed by atoms with van der Waals surface area (Å²) < 4.78 is 19.8. The fourth-order valence-corrected chi connectivity index (χ4v) is 5.15. The first kappa shape index (κ1) is 27.3. The average molecular weight is 486 g/mol. The summed E-state index contributed by atoms with van der Waals surface area (Å²) in [4.78, 5) is 10.7. The quantitative estimate of drug-likeness (QED) is 0.319. The van der Waals surface area contributed by atoms with Crippen LogP contribution in [0.2, 0.25) is 0 Å². The average Bonchev–Trinajstić information content (AvgIpc) is 3.21. The van der Waals surface area contributed by atoms with Gasteiger partial charge in [-0.2, -0.15) is 0 Å². The van der Waals surface area contributed by atoms with Crippen molar-refractivity contribution in [3.05, 3.63) is 70.5 Å². The standard InChI is InChI=1S/C29H40FNO4/c1-20(27-16-25(30)13-12-22(27)8-6-7-11-28(33)34)35-19-26(32)18-31-29(2,3)17-21-14-23-9-4-5-10-24(23)15-21/h4-5,9-10,12-13,16,20-21,26,31-32H,6-8,11,14-15,17-19H2,1-3H3,(H,33,34)/t20-,26-/m1/s1. The Hall–Kier alpha value is -2.28. The highest BCUT2D eigenvalue weighted by Crippen LogP contribution is 2.32. The zero-order chi connectivity index (χ0) is 25.4. The molecule has 0 heterocycles. The maximum Gasteiger partial charge on any atom is 0.303 e. The van der Waals surface area contributed by atoms with Gasteiger partial charge in [0.25, 0.3) is 0 Å². The Morgan fingerprint density at radius 3 is 2.51 bits per heavy atom. The third-order valence-electron chi connectivity index (χ3n) is 6.92. The first-order valence-electron chi connectivity index (χ1n) is 12.7. The van der Waals surface area contributed by atoms with E-state index in [1.165, 1.54) is 23.3 Å². The van der Waals surface area contributed by atoms with Crippen molar-refractivity contribution in [1.29, 1.82) is 0 Å². The Kier molecular flexibility index (Phi) is 9.84. The number of β-amino-alcohol motifs (C(OH)–C–C–N with tert-alkyl or cyclic N) is 1. The summed E-state index contributed by atoms with van der Waals surface area (Å²) in [7, 11) is 0. The van der Waals surface area contributed by atoms with E-state index in [1.807, 2.05) is 6.92 Å². The van der Waals surface area contributed by atoms with Gasteiger partial charge in [0.05, 0.1) is 18.8 Å². The molecule has 2 atom stereocenters. The smallest absolute Gasteiger partial charge is 0.303 e. The van der Waals surface area contributed by atoms with E-state index in [0.717, 1.165) is 30.4 Å². The van der Waals surface area contributed by atoms with Crippen LogP contribution in [0.15, 0.2) is 42.5 Å². The number of carbonyl (C=O) groups is 1. The molecule has 35 heavy (non-hydrogen) atoms. The lowest BCUT2D eigenvalue weighted by atomic mass is 9.88. The lowest BCUT2D eigenvalue weighted by Gasteiger charge is -2.31. The molecule has 0 amide bonds. The molecule has 0 aromatic heterocycles. The van der Waals surface area contributed by atoms with E-state index < -0.39 is 12.1 Å². The molecule has 0 spiro atoms. The molecule has 6 heteroatoms. The number of hydrogen-bond donors (Lipinski definition) is 3. The molecule has 1 aliphatic rings. The van der Waals surface area contributed by atoms with Crippen molar-refractivity contribution in [1.82, 2.24) is 5.32 Å². The van der Waals surface area contributed by atoms with Gasteiger partial charge in [0.2, 0.25) is 0 Å². The molecule has 2 aromatic carbocycles. The van der Waals surface area contributed by atoms with Gasteiger partial charge in [-0.3, -0.25) is 4.79 Å². The van der Waals surface area contributed by atoms with Crippen molar-refractivity contribution in [3.8, 4) is 0 Å². The molecule has 3 rings (SSSR count). The van der Waals surface area contributed by atoms with Crippen LogP contribution in [0.5, 0.6) is 0 Å². The molecule has 1 aliphatic carbocycles. The van der Waals surface area contributed by atoms with E-state index in [1.54, 1.807) is 6.07 Å². The molecule has 0 radical (unpaired) electrons. The third-order valence-corrected chi connectivity index (χ3v) is 6.92. The summed E-state index contributed by atoms with van der Waals surface area (Å²) in [5.74, 6) is -0.534. The van der Waals surface area contributed by atoms with E-state index >= 15 is 0 Å². The topological polar surface area (TPSA) is 78.8 Å². The Balaban J connectivity index is 1.44. The highest BCUT2D eigenvalue weighted by molar-refractivity contribution is 5.66. The fourth-order valence-electron chi connectivity index (χ4n) is 5.15. The fraction of sp³-hybridized carbons (Fsp3) is 0.552.